The summed E-state index contributed by atoms with van der Waals surface area (Å²) in [5, 5.41) is 18.5. The molecule has 0 aliphatic heterocycles. The van der Waals surface area contributed by atoms with E-state index in [-0.39, 0.29) is 11.1 Å². The first-order valence-corrected chi connectivity index (χ1v) is 6.72. The lowest BCUT2D eigenvalue weighted by Gasteiger charge is -2.14. The van der Waals surface area contributed by atoms with Gasteiger partial charge in [-0.1, -0.05) is 19.3 Å². The van der Waals surface area contributed by atoms with Gasteiger partial charge in [0.2, 0.25) is 0 Å². The van der Waals surface area contributed by atoms with Gasteiger partial charge in [0.1, 0.15) is 0 Å². The minimum absolute atomic E-state index is 0.266. The fraction of sp³-hybridized carbons (Fsp3) is 0.467. The highest BCUT2D eigenvalue weighted by molar-refractivity contribution is 5.95. The maximum absolute atomic E-state index is 11.3. The molecule has 1 aliphatic carbocycles. The van der Waals surface area contributed by atoms with Crippen LogP contribution in [-0.4, -0.2) is 22.2 Å². The molecule has 1 aliphatic rings. The Bertz CT molecular complexity index is 460. The average Bonchev–Trinajstić information content (AvgIpc) is 2.48. The number of hydrogen-bond acceptors (Lipinski definition) is 2. The van der Waals surface area contributed by atoms with Crippen molar-refractivity contribution < 1.29 is 19.8 Å². The van der Waals surface area contributed by atoms with E-state index in [4.69, 9.17) is 0 Å². The molecular formula is C15H18O4. The highest BCUT2D eigenvalue weighted by Gasteiger charge is 2.20. The zero-order valence-electron chi connectivity index (χ0n) is 10.8. The molecule has 1 aromatic carbocycles. The van der Waals surface area contributed by atoms with E-state index in [0.717, 1.165) is 43.2 Å². The van der Waals surface area contributed by atoms with Gasteiger partial charge < -0.3 is 10.2 Å². The number of carbonyl (C=O) groups is 2. The minimum atomic E-state index is -0.965. The Morgan fingerprint density at radius 3 is 1.47 bits per heavy atom. The van der Waals surface area contributed by atoms with Gasteiger partial charge in [-0.05, 0) is 48.9 Å². The van der Waals surface area contributed by atoms with Gasteiger partial charge in [-0.2, -0.15) is 0 Å². The van der Waals surface area contributed by atoms with E-state index in [2.05, 4.69) is 0 Å². The highest BCUT2D eigenvalue weighted by Crippen LogP contribution is 2.26. The molecule has 0 atom stereocenters. The predicted octanol–water partition coefficient (Wildman–Crippen LogP) is 3.13. The van der Waals surface area contributed by atoms with Gasteiger partial charge in [-0.25, -0.2) is 9.59 Å². The molecule has 4 heteroatoms. The predicted molar refractivity (Wildman–Crippen MR) is 70.9 cm³/mol. The quantitative estimate of drug-likeness (QED) is 0.858. The van der Waals surface area contributed by atoms with E-state index in [9.17, 15) is 19.8 Å². The van der Waals surface area contributed by atoms with E-state index >= 15 is 0 Å². The van der Waals surface area contributed by atoms with Crippen LogP contribution in [0.5, 0.6) is 0 Å². The summed E-state index contributed by atoms with van der Waals surface area (Å²) in [6.07, 6.45) is 6.48. The molecule has 19 heavy (non-hydrogen) atoms. The number of hydrogen-bond donors (Lipinski definition) is 2. The van der Waals surface area contributed by atoms with Crippen molar-refractivity contribution in [1.82, 2.24) is 0 Å². The summed E-state index contributed by atoms with van der Waals surface area (Å²) in [4.78, 5) is 22.6. The van der Waals surface area contributed by atoms with Crippen LogP contribution < -0.4 is 0 Å². The highest BCUT2D eigenvalue weighted by atomic mass is 16.4. The second kappa shape index (κ2) is 5.87. The number of carboxylic acid groups (broad SMARTS) is 2. The molecule has 2 N–H and O–H groups in total. The van der Waals surface area contributed by atoms with Crippen LogP contribution in [0.4, 0.5) is 0 Å². The van der Waals surface area contributed by atoms with Crippen LogP contribution in [0.1, 0.15) is 63.9 Å². The Morgan fingerprint density at radius 2 is 1.11 bits per heavy atom. The summed E-state index contributed by atoms with van der Waals surface area (Å²) in [6, 6.07) is 2.87. The van der Waals surface area contributed by atoms with Crippen LogP contribution in [0.3, 0.4) is 0 Å². The van der Waals surface area contributed by atoms with Crippen LogP contribution in [0.2, 0.25) is 0 Å². The van der Waals surface area contributed by atoms with Crippen molar-refractivity contribution in [3.63, 3.8) is 0 Å². The van der Waals surface area contributed by atoms with Gasteiger partial charge in [-0.15, -0.1) is 0 Å². The van der Waals surface area contributed by atoms with Gasteiger partial charge in [-0.3, -0.25) is 0 Å². The van der Waals surface area contributed by atoms with Gasteiger partial charge >= 0.3 is 11.9 Å². The summed E-state index contributed by atoms with van der Waals surface area (Å²) in [5.74, 6) is -1.93. The van der Waals surface area contributed by atoms with Crippen LogP contribution in [0, 0.1) is 0 Å². The van der Waals surface area contributed by atoms with Crippen molar-refractivity contribution >= 4 is 11.9 Å². The summed E-state index contributed by atoms with van der Waals surface area (Å²) >= 11 is 0. The number of fused-ring (bicyclic) bond motifs is 1. The molecule has 2 rings (SSSR count). The maximum atomic E-state index is 11.3. The molecule has 102 valence electrons. The lowest BCUT2D eigenvalue weighted by Crippen LogP contribution is -2.12. The molecule has 0 unspecified atom stereocenters. The van der Waals surface area contributed by atoms with Crippen molar-refractivity contribution in [3.8, 4) is 0 Å². The van der Waals surface area contributed by atoms with Gasteiger partial charge in [0.25, 0.3) is 0 Å². The fourth-order valence-corrected chi connectivity index (χ4v) is 2.80. The summed E-state index contributed by atoms with van der Waals surface area (Å²) in [5.41, 5.74) is 1.99. The summed E-state index contributed by atoms with van der Waals surface area (Å²) < 4.78 is 0. The zero-order valence-corrected chi connectivity index (χ0v) is 10.8. The lowest BCUT2D eigenvalue weighted by molar-refractivity contribution is 0.0679. The third-order valence-electron chi connectivity index (χ3n) is 3.75. The van der Waals surface area contributed by atoms with E-state index in [1.807, 2.05) is 0 Å². The summed E-state index contributed by atoms with van der Waals surface area (Å²) in [7, 11) is 0. The maximum Gasteiger partial charge on any atom is 0.335 e. The molecule has 0 bridgehead atoms. The van der Waals surface area contributed by atoms with Gasteiger partial charge in [0.15, 0.2) is 0 Å². The monoisotopic (exact) mass is 262 g/mol. The first-order valence-electron chi connectivity index (χ1n) is 6.72. The zero-order chi connectivity index (χ0) is 13.8. The van der Waals surface area contributed by atoms with Gasteiger partial charge in [0, 0.05) is 0 Å². The number of benzene rings is 1. The van der Waals surface area contributed by atoms with Crippen LogP contribution in [0.15, 0.2) is 12.1 Å². The fourth-order valence-electron chi connectivity index (χ4n) is 2.80. The van der Waals surface area contributed by atoms with E-state index < -0.39 is 11.9 Å². The molecule has 0 saturated heterocycles. The largest absolute Gasteiger partial charge is 0.478 e. The molecule has 0 heterocycles. The van der Waals surface area contributed by atoms with E-state index in [1.165, 1.54) is 12.1 Å². The number of aromatic carboxylic acids is 2. The third-order valence-corrected chi connectivity index (χ3v) is 3.75. The van der Waals surface area contributed by atoms with Gasteiger partial charge in [0.05, 0.1) is 11.1 Å². The molecule has 0 fully saturated rings. The smallest absolute Gasteiger partial charge is 0.335 e. The Morgan fingerprint density at radius 1 is 0.737 bits per heavy atom. The minimum Gasteiger partial charge on any atom is -0.478 e. The Hall–Kier alpha value is -1.84. The topological polar surface area (TPSA) is 74.6 Å². The van der Waals surface area contributed by atoms with Crippen molar-refractivity contribution in [2.24, 2.45) is 0 Å². The summed E-state index contributed by atoms with van der Waals surface area (Å²) in [6.45, 7) is 0. The SMILES string of the molecule is O=C(O)c1ccc(C(=O)O)c2c1CCCCCCC2. The standard InChI is InChI=1S/C15H18O4/c16-14(17)12-8-9-13(15(18)19)11-7-5-3-1-2-4-6-10(11)12/h8-9H,1-7H2,(H,16,17)(H,18,19). The molecular weight excluding hydrogens is 244 g/mol. The Labute approximate surface area is 112 Å². The van der Waals surface area contributed by atoms with Crippen molar-refractivity contribution in [3.05, 3.63) is 34.4 Å². The molecule has 1 aromatic rings. The first kappa shape index (κ1) is 13.6. The van der Waals surface area contributed by atoms with Crippen molar-refractivity contribution in [2.75, 3.05) is 0 Å². The normalized spacial score (nSPS) is 15.8. The molecule has 4 nitrogen and oxygen atoms in total. The molecule has 0 saturated carbocycles. The van der Waals surface area contributed by atoms with Crippen LogP contribution in [0.25, 0.3) is 0 Å². The average molecular weight is 262 g/mol. The van der Waals surface area contributed by atoms with Crippen LogP contribution >= 0.6 is 0 Å². The second-order valence-corrected chi connectivity index (χ2v) is 5.00. The van der Waals surface area contributed by atoms with Crippen molar-refractivity contribution in [2.45, 2.75) is 44.9 Å². The van der Waals surface area contributed by atoms with Crippen LogP contribution in [-0.2, 0) is 12.8 Å². The molecule has 0 aromatic heterocycles. The number of rotatable bonds is 2. The molecule has 0 spiro atoms. The lowest BCUT2D eigenvalue weighted by atomic mass is 9.90. The molecule has 0 radical (unpaired) electrons. The second-order valence-electron chi connectivity index (χ2n) is 5.00. The number of carboxylic acids is 2. The Kier molecular flexibility index (Phi) is 4.20. The Balaban J connectivity index is 2.55. The van der Waals surface area contributed by atoms with E-state index in [1.54, 1.807) is 0 Å². The molecule has 0 amide bonds. The van der Waals surface area contributed by atoms with Crippen molar-refractivity contribution in [1.29, 1.82) is 0 Å². The van der Waals surface area contributed by atoms with E-state index in [0.29, 0.717) is 12.8 Å². The third kappa shape index (κ3) is 2.95. The first-order chi connectivity index (χ1) is 9.11.